The lowest BCUT2D eigenvalue weighted by molar-refractivity contribution is 0.125. The van der Waals surface area contributed by atoms with Crippen molar-refractivity contribution in [1.82, 2.24) is 29.4 Å². The summed E-state index contributed by atoms with van der Waals surface area (Å²) in [5.74, 6) is 2.15. The fraction of sp³-hybridized carbons (Fsp3) is 0.156. The molecule has 10 nitrogen and oxygen atoms in total. The van der Waals surface area contributed by atoms with Gasteiger partial charge < -0.3 is 14.3 Å². The van der Waals surface area contributed by atoms with Gasteiger partial charge in [0.05, 0.1) is 41.2 Å². The molecule has 7 rings (SSSR count). The van der Waals surface area contributed by atoms with Crippen LogP contribution in [0.5, 0.6) is 17.5 Å². The number of rotatable bonds is 7. The van der Waals surface area contributed by atoms with E-state index >= 15 is 0 Å². The Morgan fingerprint density at radius 1 is 0.929 bits per heavy atom. The molecule has 0 spiro atoms. The second-order valence-corrected chi connectivity index (χ2v) is 9.94. The summed E-state index contributed by atoms with van der Waals surface area (Å²) in [6, 6.07) is 27.8. The van der Waals surface area contributed by atoms with E-state index in [-0.39, 0.29) is 12.5 Å². The number of fused-ring (bicyclic) bond motifs is 4. The van der Waals surface area contributed by atoms with Crippen molar-refractivity contribution in [3.05, 3.63) is 125 Å². The van der Waals surface area contributed by atoms with Crippen LogP contribution >= 0.6 is 0 Å². The maximum atomic E-state index is 6.48. The average Bonchev–Trinajstić information content (AvgIpc) is 3.61. The SMILES string of the molecule is COc1ccc(/C(C)=N/OCc2nc3c4c(ncn3n2)Oc2c(c(C)nn2-c2ccccc2)[C@@H]4c2ccccc2)cc1. The Bertz CT molecular complexity index is 1910. The van der Waals surface area contributed by atoms with Crippen LogP contribution in [0.15, 0.2) is 96.4 Å². The summed E-state index contributed by atoms with van der Waals surface area (Å²) in [6.07, 6.45) is 1.61. The van der Waals surface area contributed by atoms with E-state index < -0.39 is 0 Å². The molecule has 0 amide bonds. The van der Waals surface area contributed by atoms with Gasteiger partial charge in [0.2, 0.25) is 11.8 Å². The molecule has 1 aliphatic heterocycles. The fourth-order valence-corrected chi connectivity index (χ4v) is 5.28. The summed E-state index contributed by atoms with van der Waals surface area (Å²) in [6.45, 7) is 3.98. The van der Waals surface area contributed by atoms with Crippen LogP contribution in [-0.4, -0.2) is 42.2 Å². The molecule has 42 heavy (non-hydrogen) atoms. The van der Waals surface area contributed by atoms with Gasteiger partial charge in [0.1, 0.15) is 12.1 Å². The summed E-state index contributed by atoms with van der Waals surface area (Å²) in [5.41, 5.74) is 6.94. The largest absolute Gasteiger partial charge is 0.497 e. The number of oxime groups is 1. The van der Waals surface area contributed by atoms with Crippen molar-refractivity contribution in [1.29, 1.82) is 0 Å². The second-order valence-electron chi connectivity index (χ2n) is 9.94. The van der Waals surface area contributed by atoms with Gasteiger partial charge in [-0.25, -0.2) is 19.2 Å². The normalized spacial score (nSPS) is 14.3. The minimum atomic E-state index is -0.216. The molecule has 0 N–H and O–H groups in total. The number of methoxy groups -OCH3 is 1. The second kappa shape index (κ2) is 10.5. The van der Waals surface area contributed by atoms with Crippen LogP contribution in [0.25, 0.3) is 11.3 Å². The number of aryl methyl sites for hydroxylation is 1. The lowest BCUT2D eigenvalue weighted by atomic mass is 9.84. The van der Waals surface area contributed by atoms with Gasteiger partial charge in [-0.1, -0.05) is 53.7 Å². The highest BCUT2D eigenvalue weighted by atomic mass is 16.6. The number of hydrogen-bond acceptors (Lipinski definition) is 8. The van der Waals surface area contributed by atoms with E-state index in [9.17, 15) is 0 Å². The lowest BCUT2D eigenvalue weighted by Crippen LogP contribution is -2.16. The van der Waals surface area contributed by atoms with E-state index in [0.29, 0.717) is 23.2 Å². The van der Waals surface area contributed by atoms with E-state index in [1.54, 1.807) is 18.0 Å². The molecule has 6 aromatic rings. The summed E-state index contributed by atoms with van der Waals surface area (Å²) >= 11 is 0. The first-order chi connectivity index (χ1) is 20.6. The molecule has 208 valence electrons. The molecule has 0 saturated heterocycles. The zero-order chi connectivity index (χ0) is 28.6. The molecule has 0 aliphatic carbocycles. The van der Waals surface area contributed by atoms with E-state index in [1.807, 2.05) is 91.3 Å². The molecular weight excluding hydrogens is 530 g/mol. The third-order valence-corrected chi connectivity index (χ3v) is 7.30. The number of nitrogens with zero attached hydrogens (tertiary/aromatic N) is 7. The highest BCUT2D eigenvalue weighted by molar-refractivity contribution is 5.98. The van der Waals surface area contributed by atoms with Gasteiger partial charge in [-0.2, -0.15) is 5.10 Å². The molecule has 0 bridgehead atoms. The summed E-state index contributed by atoms with van der Waals surface area (Å²) < 4.78 is 15.2. The summed E-state index contributed by atoms with van der Waals surface area (Å²) in [4.78, 5) is 15.2. The first-order valence-corrected chi connectivity index (χ1v) is 13.5. The third kappa shape index (κ3) is 4.43. The first kappa shape index (κ1) is 25.5. The molecule has 0 unspecified atom stereocenters. The number of ether oxygens (including phenoxy) is 2. The average molecular weight is 558 g/mol. The smallest absolute Gasteiger partial charge is 0.230 e. The van der Waals surface area contributed by atoms with Gasteiger partial charge in [-0.05, 0) is 61.4 Å². The predicted molar refractivity (Wildman–Crippen MR) is 157 cm³/mol. The van der Waals surface area contributed by atoms with Crippen molar-refractivity contribution in [2.45, 2.75) is 26.4 Å². The first-order valence-electron chi connectivity index (χ1n) is 13.5. The van der Waals surface area contributed by atoms with E-state index in [4.69, 9.17) is 24.4 Å². The maximum Gasteiger partial charge on any atom is 0.230 e. The van der Waals surface area contributed by atoms with Crippen LogP contribution < -0.4 is 9.47 Å². The van der Waals surface area contributed by atoms with E-state index in [2.05, 4.69) is 27.4 Å². The van der Waals surface area contributed by atoms with Crippen molar-refractivity contribution < 1.29 is 14.3 Å². The fourth-order valence-electron chi connectivity index (χ4n) is 5.28. The Morgan fingerprint density at radius 2 is 1.67 bits per heavy atom. The van der Waals surface area contributed by atoms with Crippen LogP contribution in [0.3, 0.4) is 0 Å². The predicted octanol–water partition coefficient (Wildman–Crippen LogP) is 5.85. The third-order valence-electron chi connectivity index (χ3n) is 7.30. The minimum absolute atomic E-state index is 0.0943. The Labute approximate surface area is 241 Å². The molecule has 4 heterocycles. The molecule has 1 atom stereocenters. The van der Waals surface area contributed by atoms with Gasteiger partial charge in [-0.3, -0.25) is 0 Å². The molecule has 3 aromatic carbocycles. The van der Waals surface area contributed by atoms with Crippen molar-refractivity contribution in [2.24, 2.45) is 5.16 Å². The van der Waals surface area contributed by atoms with E-state index in [0.717, 1.165) is 45.1 Å². The van der Waals surface area contributed by atoms with Gasteiger partial charge >= 0.3 is 0 Å². The number of aromatic nitrogens is 6. The van der Waals surface area contributed by atoms with E-state index in [1.165, 1.54) is 0 Å². The zero-order valence-corrected chi connectivity index (χ0v) is 23.3. The Morgan fingerprint density at radius 3 is 2.40 bits per heavy atom. The van der Waals surface area contributed by atoms with Crippen LogP contribution in [0, 0.1) is 6.92 Å². The van der Waals surface area contributed by atoms with Crippen LogP contribution in [0.2, 0.25) is 0 Å². The topological polar surface area (TPSA) is 101 Å². The van der Waals surface area contributed by atoms with Gasteiger partial charge in [0, 0.05) is 0 Å². The molecule has 0 saturated carbocycles. The Hall–Kier alpha value is -5.51. The van der Waals surface area contributed by atoms with Crippen molar-refractivity contribution >= 4 is 11.4 Å². The quantitative estimate of drug-likeness (QED) is 0.179. The van der Waals surface area contributed by atoms with Crippen molar-refractivity contribution in [3.8, 4) is 23.2 Å². The van der Waals surface area contributed by atoms with Gasteiger partial charge in [-0.15, -0.1) is 5.10 Å². The molecule has 0 fully saturated rings. The standard InChI is InChI=1S/C32H27N7O3/c1-20(22-14-16-25(40-3)17-15-22)37-41-18-26-34-30-29-28(23-10-6-4-7-11-23)27-21(2)35-39(24-12-8-5-9-13-24)32(27)42-31(29)33-19-38(30)36-26/h4-17,19,28H,18H2,1-3H3/b37-20+/t28-/m0/s1. The molecule has 0 radical (unpaired) electrons. The van der Waals surface area contributed by atoms with Gasteiger partial charge in [0.25, 0.3) is 0 Å². The molecule has 1 aliphatic rings. The highest BCUT2D eigenvalue weighted by Crippen LogP contribution is 2.49. The molecular formula is C32H27N7O3. The minimum Gasteiger partial charge on any atom is -0.497 e. The number of para-hydroxylation sites is 1. The zero-order valence-electron chi connectivity index (χ0n) is 23.3. The van der Waals surface area contributed by atoms with Crippen LogP contribution in [0.1, 0.15) is 46.6 Å². The molecule has 10 heteroatoms. The van der Waals surface area contributed by atoms with Crippen LogP contribution in [-0.2, 0) is 11.4 Å². The highest BCUT2D eigenvalue weighted by Gasteiger charge is 2.38. The monoisotopic (exact) mass is 557 g/mol. The van der Waals surface area contributed by atoms with Crippen molar-refractivity contribution in [2.75, 3.05) is 7.11 Å². The summed E-state index contributed by atoms with van der Waals surface area (Å²) in [7, 11) is 1.64. The Balaban J connectivity index is 1.26. The number of hydrogen-bond donors (Lipinski definition) is 0. The number of benzene rings is 3. The van der Waals surface area contributed by atoms with Gasteiger partial charge in [0.15, 0.2) is 18.1 Å². The molecule has 3 aromatic heterocycles. The van der Waals surface area contributed by atoms with Crippen LogP contribution in [0.4, 0.5) is 0 Å². The lowest BCUT2D eigenvalue weighted by Gasteiger charge is -2.26. The summed E-state index contributed by atoms with van der Waals surface area (Å²) in [5, 5.41) is 13.8. The maximum absolute atomic E-state index is 6.48. The Kier molecular flexibility index (Phi) is 6.35. The van der Waals surface area contributed by atoms with Crippen molar-refractivity contribution in [3.63, 3.8) is 0 Å².